The lowest BCUT2D eigenvalue weighted by Gasteiger charge is -2.22. The molecule has 0 aliphatic carbocycles. The van der Waals surface area contributed by atoms with Gasteiger partial charge in [0.1, 0.15) is 0 Å². The van der Waals surface area contributed by atoms with Crippen LogP contribution in [0.3, 0.4) is 0 Å². The van der Waals surface area contributed by atoms with Crippen LogP contribution in [0.25, 0.3) is 0 Å². The Morgan fingerprint density at radius 3 is 2.45 bits per heavy atom. The maximum Gasteiger partial charge on any atom is 0.232 e. The zero-order valence-electron chi connectivity index (χ0n) is 12.2. The molecule has 0 atom stereocenters. The minimum absolute atomic E-state index is 0.0822. The third kappa shape index (κ3) is 3.57. The SMILES string of the molecule is CC(C)(C)c1nc(CN(CCO)c2ccccc2)no1. The summed E-state index contributed by atoms with van der Waals surface area (Å²) in [5.74, 6) is 1.26. The normalized spacial score (nSPS) is 11.6. The molecule has 5 heteroatoms. The molecule has 0 amide bonds. The van der Waals surface area contributed by atoms with Gasteiger partial charge in [0.05, 0.1) is 13.2 Å². The van der Waals surface area contributed by atoms with Crippen LogP contribution in [0.1, 0.15) is 32.5 Å². The van der Waals surface area contributed by atoms with E-state index in [2.05, 4.69) is 10.1 Å². The Morgan fingerprint density at radius 2 is 1.90 bits per heavy atom. The summed E-state index contributed by atoms with van der Waals surface area (Å²) in [5, 5.41) is 13.2. The van der Waals surface area contributed by atoms with Crippen molar-refractivity contribution in [2.24, 2.45) is 0 Å². The second kappa shape index (κ2) is 6.05. The Balaban J connectivity index is 2.15. The van der Waals surface area contributed by atoms with E-state index in [9.17, 15) is 5.11 Å². The van der Waals surface area contributed by atoms with Crippen LogP contribution in [-0.4, -0.2) is 28.4 Å². The number of hydrogen-bond acceptors (Lipinski definition) is 5. The highest BCUT2D eigenvalue weighted by atomic mass is 16.5. The van der Waals surface area contributed by atoms with E-state index in [1.165, 1.54) is 0 Å². The molecular formula is C15H21N3O2. The van der Waals surface area contributed by atoms with E-state index in [0.717, 1.165) is 5.69 Å². The molecule has 0 spiro atoms. The molecule has 5 nitrogen and oxygen atoms in total. The van der Waals surface area contributed by atoms with Crippen LogP contribution in [0.2, 0.25) is 0 Å². The Kier molecular flexibility index (Phi) is 4.39. The zero-order chi connectivity index (χ0) is 14.6. The monoisotopic (exact) mass is 275 g/mol. The predicted molar refractivity (Wildman–Crippen MR) is 77.6 cm³/mol. The van der Waals surface area contributed by atoms with Gasteiger partial charge in [-0.05, 0) is 12.1 Å². The van der Waals surface area contributed by atoms with Crippen LogP contribution in [0, 0.1) is 0 Å². The van der Waals surface area contributed by atoms with Crippen molar-refractivity contribution >= 4 is 5.69 Å². The first kappa shape index (κ1) is 14.5. The van der Waals surface area contributed by atoms with Gasteiger partial charge in [-0.15, -0.1) is 0 Å². The molecule has 0 radical (unpaired) electrons. The first-order chi connectivity index (χ1) is 9.50. The van der Waals surface area contributed by atoms with Crippen LogP contribution in [-0.2, 0) is 12.0 Å². The molecule has 1 N–H and O–H groups in total. The van der Waals surface area contributed by atoms with Crippen molar-refractivity contribution in [2.75, 3.05) is 18.1 Å². The molecule has 0 fully saturated rings. The molecule has 0 saturated carbocycles. The minimum Gasteiger partial charge on any atom is -0.395 e. The number of benzene rings is 1. The number of rotatable bonds is 5. The third-order valence-corrected chi connectivity index (χ3v) is 2.93. The lowest BCUT2D eigenvalue weighted by Crippen LogP contribution is -2.26. The minimum atomic E-state index is -0.153. The van der Waals surface area contributed by atoms with Gasteiger partial charge in [-0.2, -0.15) is 4.98 Å². The van der Waals surface area contributed by atoms with Crippen LogP contribution in [0.15, 0.2) is 34.9 Å². The topological polar surface area (TPSA) is 62.4 Å². The van der Waals surface area contributed by atoms with Crippen LogP contribution >= 0.6 is 0 Å². The summed E-state index contributed by atoms with van der Waals surface area (Å²) in [6, 6.07) is 9.90. The van der Waals surface area contributed by atoms with Gasteiger partial charge in [0.2, 0.25) is 5.89 Å². The van der Waals surface area contributed by atoms with E-state index in [-0.39, 0.29) is 12.0 Å². The fourth-order valence-corrected chi connectivity index (χ4v) is 1.85. The molecule has 1 aromatic carbocycles. The Bertz CT molecular complexity index is 532. The van der Waals surface area contributed by atoms with Crippen molar-refractivity contribution in [1.82, 2.24) is 10.1 Å². The van der Waals surface area contributed by atoms with E-state index in [1.807, 2.05) is 56.0 Å². The van der Waals surface area contributed by atoms with Gasteiger partial charge < -0.3 is 14.5 Å². The summed E-state index contributed by atoms with van der Waals surface area (Å²) in [4.78, 5) is 6.45. The second-order valence-electron chi connectivity index (χ2n) is 5.75. The molecule has 20 heavy (non-hydrogen) atoms. The number of anilines is 1. The van der Waals surface area contributed by atoms with Gasteiger partial charge in [-0.1, -0.05) is 44.1 Å². The first-order valence-corrected chi connectivity index (χ1v) is 6.74. The summed E-state index contributed by atoms with van der Waals surface area (Å²) in [7, 11) is 0. The van der Waals surface area contributed by atoms with Crippen LogP contribution in [0.4, 0.5) is 5.69 Å². The summed E-state index contributed by atoms with van der Waals surface area (Å²) >= 11 is 0. The lowest BCUT2D eigenvalue weighted by molar-refractivity contribution is 0.300. The molecule has 1 heterocycles. The number of hydrogen-bond donors (Lipinski definition) is 1. The lowest BCUT2D eigenvalue weighted by atomic mass is 9.97. The highest BCUT2D eigenvalue weighted by Gasteiger charge is 2.22. The van der Waals surface area contributed by atoms with Crippen molar-refractivity contribution < 1.29 is 9.63 Å². The van der Waals surface area contributed by atoms with Gasteiger partial charge in [-0.3, -0.25) is 0 Å². The van der Waals surface area contributed by atoms with Crippen molar-refractivity contribution in [3.05, 3.63) is 42.0 Å². The second-order valence-corrected chi connectivity index (χ2v) is 5.75. The van der Waals surface area contributed by atoms with E-state index >= 15 is 0 Å². The first-order valence-electron chi connectivity index (χ1n) is 6.74. The van der Waals surface area contributed by atoms with Gasteiger partial charge in [0, 0.05) is 17.6 Å². The number of aromatic nitrogens is 2. The maximum atomic E-state index is 9.20. The molecule has 2 aromatic rings. The molecule has 0 unspecified atom stereocenters. The van der Waals surface area contributed by atoms with Crippen molar-refractivity contribution in [3.63, 3.8) is 0 Å². The van der Waals surface area contributed by atoms with Crippen LogP contribution < -0.4 is 4.90 Å². The van der Waals surface area contributed by atoms with Crippen molar-refractivity contribution in [3.8, 4) is 0 Å². The van der Waals surface area contributed by atoms with Crippen molar-refractivity contribution in [2.45, 2.75) is 32.7 Å². The van der Waals surface area contributed by atoms with E-state index in [4.69, 9.17) is 4.52 Å². The molecule has 0 aliphatic heterocycles. The number of para-hydroxylation sites is 1. The standard InChI is InChI=1S/C15H21N3O2/c1-15(2,3)14-16-13(17-20-14)11-18(9-10-19)12-7-5-4-6-8-12/h4-8,19H,9-11H2,1-3H3. The zero-order valence-corrected chi connectivity index (χ0v) is 12.2. The molecule has 0 saturated heterocycles. The van der Waals surface area contributed by atoms with Crippen LogP contribution in [0.5, 0.6) is 0 Å². The van der Waals surface area contributed by atoms with E-state index < -0.39 is 0 Å². The average Bonchev–Trinajstić information content (AvgIpc) is 2.88. The average molecular weight is 275 g/mol. The van der Waals surface area contributed by atoms with Crippen molar-refractivity contribution in [1.29, 1.82) is 0 Å². The fraction of sp³-hybridized carbons (Fsp3) is 0.467. The van der Waals surface area contributed by atoms with Gasteiger partial charge in [0.25, 0.3) is 0 Å². The van der Waals surface area contributed by atoms with E-state index in [0.29, 0.717) is 24.8 Å². The Hall–Kier alpha value is -1.88. The summed E-state index contributed by atoms with van der Waals surface area (Å²) in [6.45, 7) is 7.24. The molecule has 2 rings (SSSR count). The molecule has 108 valence electrons. The number of nitrogens with zero attached hydrogens (tertiary/aromatic N) is 3. The largest absolute Gasteiger partial charge is 0.395 e. The van der Waals surface area contributed by atoms with E-state index in [1.54, 1.807) is 0 Å². The van der Waals surface area contributed by atoms with Gasteiger partial charge >= 0.3 is 0 Å². The Labute approximate surface area is 119 Å². The quantitative estimate of drug-likeness (QED) is 0.907. The molecule has 0 aliphatic rings. The smallest absolute Gasteiger partial charge is 0.232 e. The Morgan fingerprint density at radius 1 is 1.20 bits per heavy atom. The number of aliphatic hydroxyl groups is 1. The number of aliphatic hydroxyl groups excluding tert-OH is 1. The predicted octanol–water partition coefficient (Wildman–Crippen LogP) is 2.37. The highest BCUT2D eigenvalue weighted by molar-refractivity contribution is 5.45. The summed E-state index contributed by atoms with van der Waals surface area (Å²) < 4.78 is 5.29. The summed E-state index contributed by atoms with van der Waals surface area (Å²) in [6.07, 6.45) is 0. The molecule has 0 bridgehead atoms. The molecule has 1 aromatic heterocycles. The third-order valence-electron chi connectivity index (χ3n) is 2.93. The highest BCUT2D eigenvalue weighted by Crippen LogP contribution is 2.21. The summed E-state index contributed by atoms with van der Waals surface area (Å²) in [5.41, 5.74) is 0.878. The fourth-order valence-electron chi connectivity index (χ4n) is 1.85. The maximum absolute atomic E-state index is 9.20. The van der Waals surface area contributed by atoms with Gasteiger partial charge in [0.15, 0.2) is 5.82 Å². The van der Waals surface area contributed by atoms with Gasteiger partial charge in [-0.25, -0.2) is 0 Å². The molecular weight excluding hydrogens is 254 g/mol.